The number of carboxylic acids is 1. The van der Waals surface area contributed by atoms with E-state index >= 15 is 0 Å². The molecule has 144 valence electrons. The van der Waals surface area contributed by atoms with Gasteiger partial charge in [0.25, 0.3) is 0 Å². The van der Waals surface area contributed by atoms with Crippen molar-refractivity contribution in [3.8, 4) is 0 Å². The van der Waals surface area contributed by atoms with Gasteiger partial charge in [-0.3, -0.25) is 0 Å². The smallest absolute Gasteiger partial charge is 0.416 e. The lowest BCUT2D eigenvalue weighted by Gasteiger charge is -2.34. The third-order valence-electron chi connectivity index (χ3n) is 4.19. The van der Waals surface area contributed by atoms with Gasteiger partial charge in [-0.15, -0.1) is 0 Å². The van der Waals surface area contributed by atoms with Gasteiger partial charge in [0.15, 0.2) is 0 Å². The van der Waals surface area contributed by atoms with Gasteiger partial charge >= 0.3 is 18.2 Å². The molecule has 0 saturated carbocycles. The quantitative estimate of drug-likeness (QED) is 0.828. The van der Waals surface area contributed by atoms with E-state index in [-0.39, 0.29) is 24.2 Å². The number of piperidine rings is 1. The summed E-state index contributed by atoms with van der Waals surface area (Å²) in [7, 11) is 0. The molecule has 0 radical (unpaired) electrons. The number of hydrogen-bond donors (Lipinski definition) is 1. The van der Waals surface area contributed by atoms with Gasteiger partial charge in [0, 0.05) is 13.1 Å². The van der Waals surface area contributed by atoms with Crippen molar-refractivity contribution in [3.05, 3.63) is 34.9 Å². The molecule has 1 aromatic rings. The fourth-order valence-corrected chi connectivity index (χ4v) is 2.99. The number of carbonyl (C=O) groups is 2. The van der Waals surface area contributed by atoms with Crippen LogP contribution in [0.25, 0.3) is 0 Å². The van der Waals surface area contributed by atoms with Gasteiger partial charge in [-0.25, -0.2) is 9.59 Å². The van der Waals surface area contributed by atoms with Gasteiger partial charge in [0.05, 0.1) is 11.1 Å². The van der Waals surface area contributed by atoms with E-state index in [4.69, 9.17) is 9.84 Å². The Balaban J connectivity index is 2.19. The average molecular weight is 373 g/mol. The van der Waals surface area contributed by atoms with Crippen LogP contribution in [0.3, 0.4) is 0 Å². The van der Waals surface area contributed by atoms with Gasteiger partial charge in [0.1, 0.15) is 5.60 Å². The van der Waals surface area contributed by atoms with Crippen molar-refractivity contribution in [1.82, 2.24) is 4.90 Å². The molecule has 1 aliphatic heterocycles. The largest absolute Gasteiger partial charge is 0.478 e. The van der Waals surface area contributed by atoms with E-state index < -0.39 is 35.3 Å². The second kappa shape index (κ2) is 7.17. The van der Waals surface area contributed by atoms with Crippen LogP contribution in [-0.4, -0.2) is 40.8 Å². The van der Waals surface area contributed by atoms with Crippen molar-refractivity contribution in [3.63, 3.8) is 0 Å². The highest BCUT2D eigenvalue weighted by molar-refractivity contribution is 5.88. The molecule has 8 heteroatoms. The first-order valence-corrected chi connectivity index (χ1v) is 8.31. The molecule has 1 aromatic carbocycles. The van der Waals surface area contributed by atoms with Gasteiger partial charge in [-0.05, 0) is 63.3 Å². The lowest BCUT2D eigenvalue weighted by Crippen LogP contribution is -2.41. The van der Waals surface area contributed by atoms with Gasteiger partial charge in [-0.2, -0.15) is 13.2 Å². The Morgan fingerprint density at radius 3 is 2.19 bits per heavy atom. The topological polar surface area (TPSA) is 66.8 Å². The molecular formula is C18H22F3NO4. The Hall–Kier alpha value is -2.25. The number of ether oxygens (including phenoxy) is 1. The fraction of sp³-hybridized carbons (Fsp3) is 0.556. The first kappa shape index (κ1) is 20.1. The van der Waals surface area contributed by atoms with Crippen LogP contribution in [0.15, 0.2) is 18.2 Å². The highest BCUT2D eigenvalue weighted by atomic mass is 19.4. The minimum atomic E-state index is -4.56. The van der Waals surface area contributed by atoms with Crippen LogP contribution in [0, 0.1) is 0 Å². The first-order valence-electron chi connectivity index (χ1n) is 8.31. The maximum absolute atomic E-state index is 13.3. The lowest BCUT2D eigenvalue weighted by molar-refractivity contribution is -0.138. The maximum atomic E-state index is 13.3. The number of likely N-dealkylation sites (tertiary alicyclic amines) is 1. The Morgan fingerprint density at radius 1 is 1.15 bits per heavy atom. The summed E-state index contributed by atoms with van der Waals surface area (Å²) in [6.07, 6.45) is -4.43. The summed E-state index contributed by atoms with van der Waals surface area (Å²) in [5.74, 6) is -1.74. The van der Waals surface area contributed by atoms with E-state index in [1.165, 1.54) is 4.90 Å². The van der Waals surface area contributed by atoms with Crippen LogP contribution >= 0.6 is 0 Å². The molecule has 2 rings (SSSR count). The number of halogens is 3. The molecule has 1 aliphatic rings. The molecule has 0 spiro atoms. The molecule has 1 N–H and O–H groups in total. The van der Waals surface area contributed by atoms with Crippen molar-refractivity contribution >= 4 is 12.1 Å². The number of hydrogen-bond acceptors (Lipinski definition) is 3. The van der Waals surface area contributed by atoms with Gasteiger partial charge < -0.3 is 14.7 Å². The number of aromatic carboxylic acids is 1. The summed E-state index contributed by atoms with van der Waals surface area (Å²) in [6, 6.07) is 2.88. The van der Waals surface area contributed by atoms with Crippen LogP contribution in [0.5, 0.6) is 0 Å². The summed E-state index contributed by atoms with van der Waals surface area (Å²) >= 11 is 0. The highest BCUT2D eigenvalue weighted by Gasteiger charge is 2.37. The minimum absolute atomic E-state index is 0.0266. The molecule has 0 unspecified atom stereocenters. The second-order valence-electron chi connectivity index (χ2n) is 7.35. The molecular weight excluding hydrogens is 351 g/mol. The molecule has 26 heavy (non-hydrogen) atoms. The molecule has 0 aliphatic carbocycles. The molecule has 1 fully saturated rings. The maximum Gasteiger partial charge on any atom is 0.416 e. The van der Waals surface area contributed by atoms with Crippen LogP contribution in [0.2, 0.25) is 0 Å². The number of nitrogens with zero attached hydrogens (tertiary/aromatic N) is 1. The summed E-state index contributed by atoms with van der Waals surface area (Å²) in [4.78, 5) is 24.7. The third kappa shape index (κ3) is 4.89. The highest BCUT2D eigenvalue weighted by Crippen LogP contribution is 2.39. The van der Waals surface area contributed by atoms with Crippen LogP contribution in [-0.2, 0) is 10.9 Å². The number of carboxylic acid groups (broad SMARTS) is 1. The summed E-state index contributed by atoms with van der Waals surface area (Å²) in [5, 5.41) is 9.07. The summed E-state index contributed by atoms with van der Waals surface area (Å²) in [6.45, 7) is 5.74. The monoisotopic (exact) mass is 373 g/mol. The van der Waals surface area contributed by atoms with Crippen LogP contribution < -0.4 is 0 Å². The molecule has 5 nitrogen and oxygen atoms in total. The normalized spacial score (nSPS) is 16.5. The number of carbonyl (C=O) groups excluding carboxylic acids is 1. The van der Waals surface area contributed by atoms with E-state index in [1.807, 2.05) is 0 Å². The molecule has 0 aromatic heterocycles. The number of amides is 1. The molecule has 1 amide bonds. The van der Waals surface area contributed by atoms with E-state index in [0.717, 1.165) is 18.2 Å². The molecule has 1 heterocycles. The number of rotatable bonds is 2. The zero-order chi connectivity index (χ0) is 19.7. The average Bonchev–Trinajstić information content (AvgIpc) is 2.52. The lowest BCUT2D eigenvalue weighted by atomic mass is 9.85. The first-order chi connectivity index (χ1) is 11.9. The van der Waals surface area contributed by atoms with Crippen molar-refractivity contribution < 1.29 is 32.6 Å². The third-order valence-corrected chi connectivity index (χ3v) is 4.19. The van der Waals surface area contributed by atoms with Crippen LogP contribution in [0.1, 0.15) is 61.0 Å². The van der Waals surface area contributed by atoms with E-state index in [9.17, 15) is 22.8 Å². The van der Waals surface area contributed by atoms with Crippen LogP contribution in [0.4, 0.5) is 18.0 Å². The predicted molar refractivity (Wildman–Crippen MR) is 88.2 cm³/mol. The Morgan fingerprint density at radius 2 is 1.73 bits per heavy atom. The van der Waals surface area contributed by atoms with Gasteiger partial charge in [-0.1, -0.05) is 0 Å². The van der Waals surface area contributed by atoms with E-state index in [2.05, 4.69) is 0 Å². The van der Waals surface area contributed by atoms with Gasteiger partial charge in [0.2, 0.25) is 0 Å². The Bertz CT molecular complexity index is 687. The number of alkyl halides is 3. The molecule has 1 saturated heterocycles. The summed E-state index contributed by atoms with van der Waals surface area (Å²) < 4.78 is 45.2. The van der Waals surface area contributed by atoms with Crippen molar-refractivity contribution in [2.45, 2.75) is 51.3 Å². The van der Waals surface area contributed by atoms with Crippen molar-refractivity contribution in [2.24, 2.45) is 0 Å². The van der Waals surface area contributed by atoms with E-state index in [1.54, 1.807) is 20.8 Å². The van der Waals surface area contributed by atoms with E-state index in [0.29, 0.717) is 12.8 Å². The molecule has 0 atom stereocenters. The standard InChI is InChI=1S/C18H22F3NO4/c1-17(2,3)26-16(25)22-8-6-11(7-9-22)13-10-12(15(23)24)4-5-14(13)18(19,20)21/h4-5,10-11H,6-9H2,1-3H3,(H,23,24). The predicted octanol–water partition coefficient (Wildman–Crippen LogP) is 4.52. The Kier molecular flexibility index (Phi) is 5.53. The Labute approximate surface area is 149 Å². The number of benzene rings is 1. The minimum Gasteiger partial charge on any atom is -0.478 e. The zero-order valence-electron chi connectivity index (χ0n) is 14.9. The zero-order valence-corrected chi connectivity index (χ0v) is 14.9. The molecule has 0 bridgehead atoms. The van der Waals surface area contributed by atoms with Crippen molar-refractivity contribution in [2.75, 3.05) is 13.1 Å². The second-order valence-corrected chi connectivity index (χ2v) is 7.35. The van der Waals surface area contributed by atoms with Crippen molar-refractivity contribution in [1.29, 1.82) is 0 Å². The summed E-state index contributed by atoms with van der Waals surface area (Å²) in [5.41, 5.74) is -1.67. The SMILES string of the molecule is CC(C)(C)OC(=O)N1CCC(c2cc(C(=O)O)ccc2C(F)(F)F)CC1. The fourth-order valence-electron chi connectivity index (χ4n) is 2.99.